The van der Waals surface area contributed by atoms with Crippen LogP contribution in [0.4, 0.5) is 0 Å². The lowest BCUT2D eigenvalue weighted by atomic mass is 9.97. The van der Waals surface area contributed by atoms with E-state index in [-0.39, 0.29) is 0 Å². The zero-order valence-electron chi connectivity index (χ0n) is 24.9. The molecule has 2 aliphatic rings. The van der Waals surface area contributed by atoms with E-state index in [1.165, 1.54) is 54.1 Å². The fraction of sp³-hybridized carbons (Fsp3) is 0.122. The van der Waals surface area contributed by atoms with Gasteiger partial charge in [-0.05, 0) is 97.0 Å². The highest BCUT2D eigenvalue weighted by atomic mass is 31.1. The molecule has 2 aliphatic carbocycles. The quantitative estimate of drug-likeness (QED) is 0.173. The standard InChI is InChI=1S/C41H38P2/c1-3-33-26-28-35-29-27-34(31-41(35)43(38-20-12-6-13-21-38)39-22-14-7-15-23-39)25-24-32(2)40(30-33)42(36-16-8-4-9-17-36)37-18-10-5-11-19-37/h3-23,27,29-31H,2,24-26,28H2,1H3/b33-3-,40-30+. The first-order chi connectivity index (χ1) is 21.2. The van der Waals surface area contributed by atoms with E-state index < -0.39 is 15.8 Å². The van der Waals surface area contributed by atoms with Gasteiger partial charge in [-0.2, -0.15) is 0 Å². The van der Waals surface area contributed by atoms with Crippen molar-refractivity contribution < 1.29 is 0 Å². The van der Waals surface area contributed by atoms with Crippen molar-refractivity contribution in [3.8, 4) is 0 Å². The van der Waals surface area contributed by atoms with Gasteiger partial charge in [0.25, 0.3) is 0 Å². The Bertz CT molecular complexity index is 1640. The molecule has 7 rings (SSSR count). The van der Waals surface area contributed by atoms with Crippen molar-refractivity contribution in [2.45, 2.75) is 32.6 Å². The predicted molar refractivity (Wildman–Crippen MR) is 192 cm³/mol. The first-order valence-corrected chi connectivity index (χ1v) is 17.9. The van der Waals surface area contributed by atoms with Crippen LogP contribution in [0.5, 0.6) is 0 Å². The summed E-state index contributed by atoms with van der Waals surface area (Å²) in [6, 6.07) is 51.6. The van der Waals surface area contributed by atoms with E-state index in [9.17, 15) is 0 Å². The lowest BCUT2D eigenvalue weighted by molar-refractivity contribution is 0.937. The summed E-state index contributed by atoms with van der Waals surface area (Å²) in [5.74, 6) is 0. The maximum Gasteiger partial charge on any atom is -0.0116 e. The summed E-state index contributed by atoms with van der Waals surface area (Å²) in [5.41, 5.74) is 5.49. The molecule has 2 heteroatoms. The van der Waals surface area contributed by atoms with Gasteiger partial charge >= 0.3 is 0 Å². The second-order valence-corrected chi connectivity index (χ2v) is 15.3. The van der Waals surface area contributed by atoms with Crippen molar-refractivity contribution in [3.63, 3.8) is 0 Å². The minimum absolute atomic E-state index is 0.660. The normalized spacial score (nSPS) is 16.1. The third-order valence-electron chi connectivity index (χ3n) is 8.14. The lowest BCUT2D eigenvalue weighted by Gasteiger charge is -2.26. The van der Waals surface area contributed by atoms with Crippen LogP contribution in [0.1, 0.15) is 30.9 Å². The molecule has 0 N–H and O–H groups in total. The van der Waals surface area contributed by atoms with Crippen molar-refractivity contribution in [2.75, 3.05) is 0 Å². The highest BCUT2D eigenvalue weighted by molar-refractivity contribution is 7.80. The van der Waals surface area contributed by atoms with Crippen LogP contribution in [-0.2, 0) is 12.8 Å². The van der Waals surface area contributed by atoms with Gasteiger partial charge in [0.15, 0.2) is 0 Å². The van der Waals surface area contributed by atoms with Crippen LogP contribution in [-0.4, -0.2) is 0 Å². The van der Waals surface area contributed by atoms with Crippen LogP contribution in [0.2, 0.25) is 0 Å². The third kappa shape index (κ3) is 6.89. The molecule has 0 aromatic heterocycles. The number of hydrogen-bond donors (Lipinski definition) is 0. The monoisotopic (exact) mass is 592 g/mol. The zero-order chi connectivity index (χ0) is 29.4. The van der Waals surface area contributed by atoms with Gasteiger partial charge in [0, 0.05) is 0 Å². The Kier molecular flexibility index (Phi) is 9.60. The van der Waals surface area contributed by atoms with Gasteiger partial charge in [-0.25, -0.2) is 0 Å². The molecule has 0 saturated carbocycles. The van der Waals surface area contributed by atoms with Crippen LogP contribution in [0.3, 0.4) is 0 Å². The van der Waals surface area contributed by atoms with Crippen LogP contribution in [0, 0.1) is 0 Å². The maximum absolute atomic E-state index is 4.76. The topological polar surface area (TPSA) is 0 Å². The van der Waals surface area contributed by atoms with Crippen LogP contribution >= 0.6 is 15.8 Å². The molecule has 0 heterocycles. The highest BCUT2D eigenvalue weighted by Gasteiger charge is 2.24. The fourth-order valence-electron chi connectivity index (χ4n) is 5.85. The highest BCUT2D eigenvalue weighted by Crippen LogP contribution is 2.48. The zero-order valence-corrected chi connectivity index (χ0v) is 26.7. The van der Waals surface area contributed by atoms with Crippen molar-refractivity contribution in [3.05, 3.63) is 186 Å². The molecule has 212 valence electrons. The first kappa shape index (κ1) is 29.3. The number of benzene rings is 5. The summed E-state index contributed by atoms with van der Waals surface area (Å²) in [6.45, 7) is 6.95. The molecule has 0 amide bonds. The van der Waals surface area contributed by atoms with Crippen LogP contribution < -0.4 is 26.5 Å². The van der Waals surface area contributed by atoms with Gasteiger partial charge in [0.05, 0.1) is 0 Å². The summed E-state index contributed by atoms with van der Waals surface area (Å²) in [5, 5.41) is 8.45. The lowest BCUT2D eigenvalue weighted by Crippen LogP contribution is -2.24. The average Bonchev–Trinajstić information content (AvgIpc) is 3.07. The molecule has 0 fully saturated rings. The molecule has 0 radical (unpaired) electrons. The summed E-state index contributed by atoms with van der Waals surface area (Å²) < 4.78 is 0. The smallest absolute Gasteiger partial charge is 0.0116 e. The van der Waals surface area contributed by atoms with E-state index in [1.807, 2.05) is 0 Å². The number of hydrogen-bond acceptors (Lipinski definition) is 0. The van der Waals surface area contributed by atoms with Gasteiger partial charge in [0.2, 0.25) is 0 Å². The van der Waals surface area contributed by atoms with E-state index >= 15 is 0 Å². The molecule has 0 atom stereocenters. The van der Waals surface area contributed by atoms with Gasteiger partial charge in [-0.15, -0.1) is 0 Å². The Hall–Kier alpha value is -3.82. The van der Waals surface area contributed by atoms with Crippen molar-refractivity contribution >= 4 is 42.4 Å². The summed E-state index contributed by atoms with van der Waals surface area (Å²) in [6.07, 6.45) is 8.73. The summed E-state index contributed by atoms with van der Waals surface area (Å²) in [4.78, 5) is 0. The van der Waals surface area contributed by atoms with Gasteiger partial charge in [0.1, 0.15) is 0 Å². The summed E-state index contributed by atoms with van der Waals surface area (Å²) >= 11 is 0. The summed E-state index contributed by atoms with van der Waals surface area (Å²) in [7, 11) is -1.38. The number of aryl methyl sites for hydroxylation is 2. The first-order valence-electron chi connectivity index (χ1n) is 15.2. The molecule has 0 aliphatic heterocycles. The second-order valence-electron chi connectivity index (χ2n) is 11.0. The molecule has 5 aromatic carbocycles. The van der Waals surface area contributed by atoms with E-state index in [2.05, 4.69) is 159 Å². The predicted octanol–water partition coefficient (Wildman–Crippen LogP) is 8.84. The number of fused-ring (bicyclic) bond motifs is 8. The molecular formula is C41H38P2. The number of allylic oxidation sites excluding steroid dienone is 5. The molecule has 43 heavy (non-hydrogen) atoms. The van der Waals surface area contributed by atoms with Crippen LogP contribution in [0.25, 0.3) is 0 Å². The van der Waals surface area contributed by atoms with Crippen LogP contribution in [0.15, 0.2) is 175 Å². The third-order valence-corrected chi connectivity index (χ3v) is 13.2. The molecule has 0 nitrogen and oxygen atoms in total. The van der Waals surface area contributed by atoms with Gasteiger partial charge < -0.3 is 0 Å². The average molecular weight is 593 g/mol. The van der Waals surface area contributed by atoms with Crippen molar-refractivity contribution in [2.24, 2.45) is 0 Å². The van der Waals surface area contributed by atoms with E-state index in [4.69, 9.17) is 6.58 Å². The molecule has 2 bridgehead atoms. The van der Waals surface area contributed by atoms with Crippen molar-refractivity contribution in [1.82, 2.24) is 0 Å². The largest absolute Gasteiger partial charge is 0.0952 e. The SMILES string of the molecule is C=C1CCc2ccc(c(P(c3ccccc3)c3ccccc3)c2)CCC(=C/C)/C=C\1P(c1ccccc1)c1ccccc1. The molecular weight excluding hydrogens is 554 g/mol. The maximum atomic E-state index is 4.76. The second kappa shape index (κ2) is 14.1. The Morgan fingerprint density at radius 3 is 1.51 bits per heavy atom. The minimum Gasteiger partial charge on any atom is -0.0952 e. The Morgan fingerprint density at radius 1 is 0.535 bits per heavy atom. The molecule has 0 saturated heterocycles. The molecule has 0 unspecified atom stereocenters. The van der Waals surface area contributed by atoms with E-state index in [1.54, 1.807) is 0 Å². The van der Waals surface area contributed by atoms with Crippen molar-refractivity contribution in [1.29, 1.82) is 0 Å². The fourth-order valence-corrected chi connectivity index (χ4v) is 10.9. The van der Waals surface area contributed by atoms with E-state index in [0.717, 1.165) is 25.7 Å². The molecule has 0 spiro atoms. The number of rotatable bonds is 6. The Balaban J connectivity index is 1.43. The van der Waals surface area contributed by atoms with Gasteiger partial charge in [-0.1, -0.05) is 164 Å². The van der Waals surface area contributed by atoms with Gasteiger partial charge in [-0.3, -0.25) is 0 Å². The molecule has 5 aromatic rings. The van der Waals surface area contributed by atoms with E-state index in [0.29, 0.717) is 0 Å². The Morgan fingerprint density at radius 2 is 1.02 bits per heavy atom. The Labute approximate surface area is 260 Å². The minimum atomic E-state index is -0.718.